The predicted octanol–water partition coefficient (Wildman–Crippen LogP) is 4.94. The van der Waals surface area contributed by atoms with Gasteiger partial charge in [0, 0.05) is 12.1 Å². The van der Waals surface area contributed by atoms with Gasteiger partial charge in [-0.25, -0.2) is 8.78 Å². The first kappa shape index (κ1) is 16.4. The number of nitrogens with zero attached hydrogens (tertiary/aromatic N) is 2. The average Bonchev–Trinajstić information content (AvgIpc) is 2.96. The molecule has 0 aliphatic carbocycles. The first-order valence-electron chi connectivity index (χ1n) is 8.15. The maximum atomic E-state index is 13.7. The second-order valence-electron chi connectivity index (χ2n) is 5.88. The summed E-state index contributed by atoms with van der Waals surface area (Å²) in [4.78, 5) is 0. The summed E-state index contributed by atoms with van der Waals surface area (Å²) < 4.78 is 29.3. The Morgan fingerprint density at radius 3 is 2.25 bits per heavy atom. The number of hydrogen-bond acceptors (Lipinski definition) is 1. The molecular weight excluding hydrogens is 306 g/mol. The maximum absolute atomic E-state index is 13.7. The Labute approximate surface area is 140 Å². The fraction of sp³-hybridized carbons (Fsp3) is 0.250. The second kappa shape index (κ2) is 6.95. The van der Waals surface area contributed by atoms with E-state index in [0.29, 0.717) is 12.8 Å². The Morgan fingerprint density at radius 1 is 0.958 bits per heavy atom. The molecule has 124 valence electrons. The minimum Gasteiger partial charge on any atom is -0.265 e. The molecule has 0 amide bonds. The van der Waals surface area contributed by atoms with Crippen molar-refractivity contribution in [2.24, 2.45) is 0 Å². The molecular formula is C20H20F2N2. The van der Waals surface area contributed by atoms with E-state index >= 15 is 0 Å². The molecule has 0 fully saturated rings. The van der Waals surface area contributed by atoms with E-state index in [1.165, 1.54) is 18.2 Å². The van der Waals surface area contributed by atoms with E-state index in [9.17, 15) is 8.78 Å². The molecule has 3 aromatic rings. The summed E-state index contributed by atoms with van der Waals surface area (Å²) >= 11 is 0. The number of rotatable bonds is 5. The van der Waals surface area contributed by atoms with E-state index in [-0.39, 0.29) is 5.56 Å². The van der Waals surface area contributed by atoms with Crippen LogP contribution in [0.1, 0.15) is 23.7 Å². The number of hydrogen-bond donors (Lipinski definition) is 0. The molecule has 0 aliphatic heterocycles. The Kier molecular flexibility index (Phi) is 4.74. The molecule has 0 atom stereocenters. The Hall–Kier alpha value is -2.49. The number of halogens is 2. The molecule has 2 nitrogen and oxygen atoms in total. The van der Waals surface area contributed by atoms with Gasteiger partial charge in [-0.3, -0.25) is 4.68 Å². The van der Waals surface area contributed by atoms with Crippen LogP contribution in [0.25, 0.3) is 11.3 Å². The molecule has 0 radical (unpaired) electrons. The summed E-state index contributed by atoms with van der Waals surface area (Å²) in [6.07, 6.45) is 0.952. The van der Waals surface area contributed by atoms with Crippen LogP contribution in [0.2, 0.25) is 0 Å². The highest BCUT2D eigenvalue weighted by atomic mass is 19.1. The van der Waals surface area contributed by atoms with Crippen molar-refractivity contribution in [3.63, 3.8) is 0 Å². The monoisotopic (exact) mass is 326 g/mol. The average molecular weight is 326 g/mol. The molecule has 24 heavy (non-hydrogen) atoms. The minimum absolute atomic E-state index is 0.154. The lowest BCUT2D eigenvalue weighted by Crippen LogP contribution is -2.00. The summed E-state index contributed by atoms with van der Waals surface area (Å²) in [5.41, 5.74) is 4.38. The van der Waals surface area contributed by atoms with Crippen LogP contribution in [0, 0.1) is 18.6 Å². The second-order valence-corrected chi connectivity index (χ2v) is 5.88. The Bertz CT molecular complexity index is 815. The van der Waals surface area contributed by atoms with Crippen LogP contribution >= 0.6 is 0 Å². The first-order valence-corrected chi connectivity index (χ1v) is 8.15. The largest absolute Gasteiger partial charge is 0.265 e. The Morgan fingerprint density at radius 2 is 1.62 bits per heavy atom. The van der Waals surface area contributed by atoms with E-state index < -0.39 is 11.6 Å². The number of aromatic nitrogens is 2. The molecule has 0 saturated carbocycles. The summed E-state index contributed by atoms with van der Waals surface area (Å²) in [6.45, 7) is 4.86. The molecule has 2 aromatic carbocycles. The fourth-order valence-electron chi connectivity index (χ4n) is 2.90. The first-order chi connectivity index (χ1) is 11.6. The summed E-state index contributed by atoms with van der Waals surface area (Å²) in [7, 11) is 0. The molecule has 0 N–H and O–H groups in total. The van der Waals surface area contributed by atoms with Gasteiger partial charge in [0.25, 0.3) is 0 Å². The van der Waals surface area contributed by atoms with Crippen molar-refractivity contribution >= 4 is 0 Å². The van der Waals surface area contributed by atoms with Crippen LogP contribution in [0.5, 0.6) is 0 Å². The molecule has 1 aromatic heterocycles. The van der Waals surface area contributed by atoms with Crippen LogP contribution < -0.4 is 0 Å². The standard InChI is InChI=1S/C20H20F2N2/c1-3-24-20(13-14(2)23-24)16-10-7-15(8-11-16)9-12-17-18(21)5-4-6-19(17)22/h4-8,10-11,13H,3,9,12H2,1-2H3. The van der Waals surface area contributed by atoms with E-state index in [1.807, 2.05) is 35.9 Å². The van der Waals surface area contributed by atoms with Crippen LogP contribution in [0.4, 0.5) is 8.78 Å². The highest BCUT2D eigenvalue weighted by Crippen LogP contribution is 2.22. The van der Waals surface area contributed by atoms with Crippen molar-refractivity contribution in [2.75, 3.05) is 0 Å². The lowest BCUT2D eigenvalue weighted by molar-refractivity contribution is 0.554. The highest BCUT2D eigenvalue weighted by Gasteiger charge is 2.09. The van der Waals surface area contributed by atoms with Crippen molar-refractivity contribution in [3.8, 4) is 11.3 Å². The molecule has 1 heterocycles. The lowest BCUT2D eigenvalue weighted by atomic mass is 10.0. The number of aryl methyl sites for hydroxylation is 3. The predicted molar refractivity (Wildman–Crippen MR) is 91.8 cm³/mol. The highest BCUT2D eigenvalue weighted by molar-refractivity contribution is 5.60. The molecule has 0 saturated heterocycles. The number of benzene rings is 2. The van der Waals surface area contributed by atoms with E-state index in [4.69, 9.17) is 0 Å². The van der Waals surface area contributed by atoms with Crippen LogP contribution in [-0.4, -0.2) is 9.78 Å². The van der Waals surface area contributed by atoms with Gasteiger partial charge in [-0.15, -0.1) is 0 Å². The van der Waals surface area contributed by atoms with Crippen molar-refractivity contribution in [3.05, 3.63) is 77.0 Å². The SMILES string of the molecule is CCn1nc(C)cc1-c1ccc(CCc2c(F)cccc2F)cc1. The fourth-order valence-corrected chi connectivity index (χ4v) is 2.90. The van der Waals surface area contributed by atoms with Gasteiger partial charge < -0.3 is 0 Å². The molecule has 3 rings (SSSR count). The van der Waals surface area contributed by atoms with Gasteiger partial charge in [0.05, 0.1) is 11.4 Å². The van der Waals surface area contributed by atoms with Crippen molar-refractivity contribution in [1.29, 1.82) is 0 Å². The third-order valence-corrected chi connectivity index (χ3v) is 4.18. The molecule has 0 bridgehead atoms. The third-order valence-electron chi connectivity index (χ3n) is 4.18. The van der Waals surface area contributed by atoms with Crippen LogP contribution in [0.3, 0.4) is 0 Å². The van der Waals surface area contributed by atoms with Crippen molar-refractivity contribution in [1.82, 2.24) is 9.78 Å². The minimum atomic E-state index is -0.478. The van der Waals surface area contributed by atoms with Gasteiger partial charge in [-0.05, 0) is 56.0 Å². The summed E-state index contributed by atoms with van der Waals surface area (Å²) in [5, 5.41) is 4.46. The van der Waals surface area contributed by atoms with Crippen LogP contribution in [0.15, 0.2) is 48.5 Å². The topological polar surface area (TPSA) is 17.8 Å². The van der Waals surface area contributed by atoms with Crippen molar-refractivity contribution < 1.29 is 8.78 Å². The van der Waals surface area contributed by atoms with Gasteiger partial charge in [-0.1, -0.05) is 30.3 Å². The zero-order valence-corrected chi connectivity index (χ0v) is 13.9. The molecule has 0 aliphatic rings. The zero-order valence-electron chi connectivity index (χ0n) is 13.9. The zero-order chi connectivity index (χ0) is 17.1. The quantitative estimate of drug-likeness (QED) is 0.649. The summed E-state index contributed by atoms with van der Waals surface area (Å²) in [6, 6.07) is 14.2. The smallest absolute Gasteiger partial charge is 0.129 e. The normalized spacial score (nSPS) is 11.0. The van der Waals surface area contributed by atoms with Crippen LogP contribution in [-0.2, 0) is 19.4 Å². The summed E-state index contributed by atoms with van der Waals surface area (Å²) in [5.74, 6) is -0.956. The van der Waals surface area contributed by atoms with Gasteiger partial charge >= 0.3 is 0 Å². The van der Waals surface area contributed by atoms with Gasteiger partial charge in [0.15, 0.2) is 0 Å². The van der Waals surface area contributed by atoms with Gasteiger partial charge in [0.2, 0.25) is 0 Å². The van der Waals surface area contributed by atoms with Gasteiger partial charge in [0.1, 0.15) is 11.6 Å². The van der Waals surface area contributed by atoms with E-state index in [0.717, 1.165) is 29.1 Å². The maximum Gasteiger partial charge on any atom is 0.129 e. The molecule has 4 heteroatoms. The third kappa shape index (κ3) is 3.37. The van der Waals surface area contributed by atoms with E-state index in [2.05, 4.69) is 18.1 Å². The lowest BCUT2D eigenvalue weighted by Gasteiger charge is -2.07. The molecule has 0 spiro atoms. The van der Waals surface area contributed by atoms with E-state index in [1.54, 1.807) is 0 Å². The van der Waals surface area contributed by atoms with Gasteiger partial charge in [-0.2, -0.15) is 5.10 Å². The Balaban J connectivity index is 1.75. The molecule has 0 unspecified atom stereocenters. The van der Waals surface area contributed by atoms with Crippen molar-refractivity contribution in [2.45, 2.75) is 33.2 Å².